The number of carboxylic acid groups (broad SMARTS) is 1. The van der Waals surface area contributed by atoms with Gasteiger partial charge in [0.1, 0.15) is 5.25 Å². The number of carbonyl (C=O) groups is 1. The molecule has 0 bridgehead atoms. The third kappa shape index (κ3) is 3.53. The van der Waals surface area contributed by atoms with Gasteiger partial charge in [0.05, 0.1) is 0 Å². The molecule has 0 aromatic heterocycles. The van der Waals surface area contributed by atoms with E-state index in [-0.39, 0.29) is 11.2 Å². The van der Waals surface area contributed by atoms with E-state index in [1.54, 1.807) is 11.8 Å². The first-order valence-electron chi connectivity index (χ1n) is 7.01. The fourth-order valence-electron chi connectivity index (χ4n) is 2.80. The smallest absolute Gasteiger partial charge is 0.316 e. The van der Waals surface area contributed by atoms with E-state index in [2.05, 4.69) is 24.3 Å². The zero-order chi connectivity index (χ0) is 13.8. The van der Waals surface area contributed by atoms with Crippen LogP contribution in [0.15, 0.2) is 24.3 Å². The van der Waals surface area contributed by atoms with Crippen LogP contribution in [0.3, 0.4) is 0 Å². The Bertz CT molecular complexity index is 442. The summed E-state index contributed by atoms with van der Waals surface area (Å²) in [5.74, 6) is 0.951. The van der Waals surface area contributed by atoms with Gasteiger partial charge < -0.3 is 5.11 Å². The molecule has 2 atom stereocenters. The van der Waals surface area contributed by atoms with Gasteiger partial charge in [0.15, 0.2) is 0 Å². The van der Waals surface area contributed by atoms with Gasteiger partial charge in [-0.2, -0.15) is 0 Å². The fourth-order valence-corrected chi connectivity index (χ4v) is 4.11. The molecule has 3 heteroatoms. The summed E-state index contributed by atoms with van der Waals surface area (Å²) >= 11 is 1.61. The van der Waals surface area contributed by atoms with Crippen LogP contribution in [0.4, 0.5) is 0 Å². The van der Waals surface area contributed by atoms with Gasteiger partial charge in [-0.15, -0.1) is 11.8 Å². The number of carboxylic acids is 1. The predicted octanol–water partition coefficient (Wildman–Crippen LogP) is 3.95. The number of thioether (sulfide) groups is 1. The number of hydrogen-bond donors (Lipinski definition) is 1. The zero-order valence-corrected chi connectivity index (χ0v) is 12.5. The van der Waals surface area contributed by atoms with Crippen molar-refractivity contribution in [3.63, 3.8) is 0 Å². The summed E-state index contributed by atoms with van der Waals surface area (Å²) in [6.07, 6.45) is 3.58. The molecule has 19 heavy (non-hydrogen) atoms. The number of hydrogen-bond acceptors (Lipinski definition) is 2. The molecule has 1 aliphatic rings. The van der Waals surface area contributed by atoms with Crippen LogP contribution in [-0.4, -0.2) is 22.1 Å². The van der Waals surface area contributed by atoms with Crippen molar-refractivity contribution in [2.45, 2.75) is 44.3 Å². The highest BCUT2D eigenvalue weighted by atomic mass is 32.2. The molecule has 0 saturated heterocycles. The number of fused-ring (bicyclic) bond motifs is 1. The summed E-state index contributed by atoms with van der Waals surface area (Å²) in [6.45, 7) is 3.97. The highest BCUT2D eigenvalue weighted by Crippen LogP contribution is 2.35. The molecule has 0 saturated carbocycles. The van der Waals surface area contributed by atoms with Crippen LogP contribution in [0.1, 0.15) is 43.7 Å². The Hall–Kier alpha value is -0.960. The van der Waals surface area contributed by atoms with Gasteiger partial charge in [0, 0.05) is 5.75 Å². The van der Waals surface area contributed by atoms with Crippen LogP contribution in [0.5, 0.6) is 0 Å². The van der Waals surface area contributed by atoms with E-state index in [9.17, 15) is 9.90 Å². The van der Waals surface area contributed by atoms with Crippen LogP contribution < -0.4 is 0 Å². The molecule has 0 fully saturated rings. The monoisotopic (exact) mass is 278 g/mol. The Balaban J connectivity index is 2.03. The Morgan fingerprint density at radius 2 is 2.16 bits per heavy atom. The van der Waals surface area contributed by atoms with Gasteiger partial charge in [-0.25, -0.2) is 0 Å². The van der Waals surface area contributed by atoms with Gasteiger partial charge in [0.2, 0.25) is 0 Å². The average Bonchev–Trinajstić information content (AvgIpc) is 2.38. The van der Waals surface area contributed by atoms with Crippen molar-refractivity contribution in [3.05, 3.63) is 35.4 Å². The summed E-state index contributed by atoms with van der Waals surface area (Å²) in [5, 5.41) is 8.96. The molecule has 1 N–H and O–H groups in total. The average molecular weight is 278 g/mol. The lowest BCUT2D eigenvalue weighted by molar-refractivity contribution is -0.137. The van der Waals surface area contributed by atoms with Crippen LogP contribution in [-0.2, 0) is 11.2 Å². The van der Waals surface area contributed by atoms with Gasteiger partial charge in [-0.05, 0) is 42.2 Å². The molecular formula is C16H22O2S. The van der Waals surface area contributed by atoms with E-state index in [0.717, 1.165) is 5.75 Å². The zero-order valence-electron chi connectivity index (χ0n) is 11.6. The largest absolute Gasteiger partial charge is 0.480 e. The first kappa shape index (κ1) is 14.4. The summed E-state index contributed by atoms with van der Waals surface area (Å²) in [6, 6.07) is 8.62. The van der Waals surface area contributed by atoms with Gasteiger partial charge in [-0.3, -0.25) is 4.79 Å². The molecule has 2 nitrogen and oxygen atoms in total. The van der Waals surface area contributed by atoms with Gasteiger partial charge >= 0.3 is 5.97 Å². The molecule has 1 aliphatic carbocycles. The van der Waals surface area contributed by atoms with Crippen molar-refractivity contribution in [1.29, 1.82) is 0 Å². The molecule has 104 valence electrons. The SMILES string of the molecule is CC(C)C(SCC1CCCc2ccccc21)C(=O)O. The molecular weight excluding hydrogens is 256 g/mol. The third-order valence-corrected chi connectivity index (χ3v) is 5.52. The quantitative estimate of drug-likeness (QED) is 0.886. The maximum atomic E-state index is 11.2. The summed E-state index contributed by atoms with van der Waals surface area (Å²) < 4.78 is 0. The Kier molecular flexibility index (Phi) is 4.92. The number of rotatable bonds is 5. The predicted molar refractivity (Wildman–Crippen MR) is 80.8 cm³/mol. The summed E-state index contributed by atoms with van der Waals surface area (Å²) in [5.41, 5.74) is 2.89. The lowest BCUT2D eigenvalue weighted by Gasteiger charge is -2.26. The fraction of sp³-hybridized carbons (Fsp3) is 0.562. The van der Waals surface area contributed by atoms with Crippen molar-refractivity contribution in [2.75, 3.05) is 5.75 Å². The van der Waals surface area contributed by atoms with E-state index in [1.807, 2.05) is 13.8 Å². The van der Waals surface area contributed by atoms with Crippen LogP contribution >= 0.6 is 11.8 Å². The molecule has 2 rings (SSSR count). The second-order valence-corrected chi connectivity index (χ2v) is 6.80. The van der Waals surface area contributed by atoms with Crippen molar-refractivity contribution in [2.24, 2.45) is 5.92 Å². The first-order chi connectivity index (χ1) is 9.09. The lowest BCUT2D eigenvalue weighted by Crippen LogP contribution is -2.24. The second-order valence-electron chi connectivity index (χ2n) is 5.62. The molecule has 0 radical (unpaired) electrons. The first-order valence-corrected chi connectivity index (χ1v) is 8.06. The lowest BCUT2D eigenvalue weighted by atomic mass is 9.84. The van der Waals surface area contributed by atoms with E-state index >= 15 is 0 Å². The summed E-state index contributed by atoms with van der Waals surface area (Å²) in [7, 11) is 0. The molecule has 0 aliphatic heterocycles. The van der Waals surface area contributed by atoms with Crippen molar-refractivity contribution < 1.29 is 9.90 Å². The van der Waals surface area contributed by atoms with E-state index in [0.29, 0.717) is 5.92 Å². The van der Waals surface area contributed by atoms with Crippen molar-refractivity contribution >= 4 is 17.7 Å². The minimum atomic E-state index is -0.677. The normalized spacial score (nSPS) is 20.1. The maximum Gasteiger partial charge on any atom is 0.316 e. The maximum absolute atomic E-state index is 11.2. The molecule has 0 heterocycles. The van der Waals surface area contributed by atoms with Crippen LogP contribution in [0, 0.1) is 5.92 Å². The van der Waals surface area contributed by atoms with Crippen LogP contribution in [0.2, 0.25) is 0 Å². The van der Waals surface area contributed by atoms with E-state index in [4.69, 9.17) is 0 Å². The van der Waals surface area contributed by atoms with Gasteiger partial charge in [0.25, 0.3) is 0 Å². The number of aliphatic carboxylic acids is 1. The standard InChI is InChI=1S/C16H22O2S/c1-11(2)15(16(17)18)19-10-13-8-5-7-12-6-3-4-9-14(12)13/h3-4,6,9,11,13,15H,5,7-8,10H2,1-2H3,(H,17,18). The topological polar surface area (TPSA) is 37.3 Å². The van der Waals surface area contributed by atoms with E-state index < -0.39 is 5.97 Å². The Morgan fingerprint density at radius 1 is 1.42 bits per heavy atom. The highest BCUT2D eigenvalue weighted by molar-refractivity contribution is 8.00. The van der Waals surface area contributed by atoms with Crippen molar-refractivity contribution in [1.82, 2.24) is 0 Å². The molecule has 2 unspecified atom stereocenters. The van der Waals surface area contributed by atoms with Gasteiger partial charge in [-0.1, -0.05) is 38.1 Å². The third-order valence-electron chi connectivity index (χ3n) is 3.82. The Labute approximate surface area is 119 Å². The number of aryl methyl sites for hydroxylation is 1. The summed E-state index contributed by atoms with van der Waals surface area (Å²) in [4.78, 5) is 11.2. The minimum Gasteiger partial charge on any atom is -0.480 e. The highest BCUT2D eigenvalue weighted by Gasteiger charge is 2.26. The Morgan fingerprint density at radius 3 is 2.84 bits per heavy atom. The molecule has 1 aromatic rings. The van der Waals surface area contributed by atoms with Crippen molar-refractivity contribution in [3.8, 4) is 0 Å². The van der Waals surface area contributed by atoms with E-state index in [1.165, 1.54) is 30.4 Å². The minimum absolute atomic E-state index is 0.182. The van der Waals surface area contributed by atoms with Crippen LogP contribution in [0.25, 0.3) is 0 Å². The second kappa shape index (κ2) is 6.47. The molecule has 0 amide bonds. The molecule has 1 aromatic carbocycles. The molecule has 0 spiro atoms. The number of benzene rings is 1.